The average molecular weight is 445 g/mol. The fourth-order valence-electron chi connectivity index (χ4n) is 3.25. The predicted octanol–water partition coefficient (Wildman–Crippen LogP) is 6.53. The van der Waals surface area contributed by atoms with Crippen molar-refractivity contribution in [2.75, 3.05) is 5.32 Å². The number of hydrogen-bond donors (Lipinski definition) is 1. The van der Waals surface area contributed by atoms with E-state index >= 15 is 0 Å². The maximum Gasteiger partial charge on any atom is 0.226 e. The van der Waals surface area contributed by atoms with Crippen molar-refractivity contribution in [3.63, 3.8) is 0 Å². The van der Waals surface area contributed by atoms with Crippen LogP contribution in [0.2, 0.25) is 0 Å². The third-order valence-electron chi connectivity index (χ3n) is 4.98. The van der Waals surface area contributed by atoms with Crippen molar-refractivity contribution in [2.45, 2.75) is 19.8 Å². The van der Waals surface area contributed by atoms with E-state index in [0.717, 1.165) is 21.7 Å². The number of thiazole rings is 1. The topological polar surface area (TPSA) is 59.1 Å². The number of halogens is 1. The van der Waals surface area contributed by atoms with Crippen molar-refractivity contribution in [1.29, 1.82) is 0 Å². The zero-order chi connectivity index (χ0) is 22.5. The Morgan fingerprint density at radius 2 is 1.56 bits per heavy atom. The molecule has 0 aliphatic heterocycles. The van der Waals surface area contributed by atoms with E-state index in [2.05, 4.69) is 10.3 Å². The Morgan fingerprint density at radius 1 is 0.875 bits per heavy atom. The predicted molar refractivity (Wildman–Crippen MR) is 126 cm³/mol. The van der Waals surface area contributed by atoms with Gasteiger partial charge in [0.1, 0.15) is 5.82 Å². The molecular formula is C26H21FN2O2S. The van der Waals surface area contributed by atoms with E-state index in [0.29, 0.717) is 10.7 Å². The lowest BCUT2D eigenvalue weighted by Crippen LogP contribution is -2.13. The Balaban J connectivity index is 1.51. The van der Waals surface area contributed by atoms with E-state index in [1.54, 1.807) is 0 Å². The normalized spacial score (nSPS) is 10.7. The van der Waals surface area contributed by atoms with Crippen LogP contribution in [-0.2, 0) is 4.79 Å². The maximum atomic E-state index is 13.0. The second-order valence-corrected chi connectivity index (χ2v) is 8.41. The second kappa shape index (κ2) is 9.66. The lowest BCUT2D eigenvalue weighted by atomic mass is 10.1. The average Bonchev–Trinajstić information content (AvgIpc) is 3.22. The molecule has 0 saturated heterocycles. The number of aromatic nitrogens is 1. The van der Waals surface area contributed by atoms with Crippen molar-refractivity contribution in [3.8, 4) is 21.7 Å². The van der Waals surface area contributed by atoms with Crippen LogP contribution in [0.25, 0.3) is 21.7 Å². The number of ketones is 1. The first-order valence-corrected chi connectivity index (χ1v) is 11.0. The van der Waals surface area contributed by atoms with Crippen LogP contribution in [0, 0.1) is 12.7 Å². The van der Waals surface area contributed by atoms with Crippen molar-refractivity contribution >= 4 is 28.2 Å². The molecule has 0 aliphatic rings. The van der Waals surface area contributed by atoms with E-state index in [9.17, 15) is 14.0 Å². The van der Waals surface area contributed by atoms with E-state index < -0.39 is 5.82 Å². The molecule has 6 heteroatoms. The summed E-state index contributed by atoms with van der Waals surface area (Å²) in [5.74, 6) is -0.893. The van der Waals surface area contributed by atoms with Gasteiger partial charge in [0.15, 0.2) is 10.9 Å². The van der Waals surface area contributed by atoms with Gasteiger partial charge in [0.25, 0.3) is 0 Å². The summed E-state index contributed by atoms with van der Waals surface area (Å²) >= 11 is 1.40. The summed E-state index contributed by atoms with van der Waals surface area (Å²) in [7, 11) is 0. The standard InChI is InChI=1S/C26H21FN2O2S/c1-17-7-9-20(10-8-17)25-24(19-5-3-2-4-6-19)29-26(32-25)28-23(31)16-15-22(30)18-11-13-21(27)14-12-18/h2-14H,15-16H2,1H3,(H,28,29,31). The minimum Gasteiger partial charge on any atom is -0.302 e. The highest BCUT2D eigenvalue weighted by atomic mass is 32.1. The molecule has 4 nitrogen and oxygen atoms in total. The van der Waals surface area contributed by atoms with Crippen LogP contribution in [0.4, 0.5) is 9.52 Å². The number of carbonyl (C=O) groups excluding carboxylic acids is 2. The zero-order valence-electron chi connectivity index (χ0n) is 17.5. The summed E-state index contributed by atoms with van der Waals surface area (Å²) < 4.78 is 13.0. The smallest absolute Gasteiger partial charge is 0.226 e. The highest BCUT2D eigenvalue weighted by molar-refractivity contribution is 7.19. The molecule has 0 atom stereocenters. The summed E-state index contributed by atoms with van der Waals surface area (Å²) in [6.45, 7) is 2.04. The van der Waals surface area contributed by atoms with Crippen molar-refractivity contribution in [2.24, 2.45) is 0 Å². The number of carbonyl (C=O) groups is 2. The fourth-order valence-corrected chi connectivity index (χ4v) is 4.26. The molecule has 0 spiro atoms. The minimum absolute atomic E-state index is 0.0241. The molecule has 0 radical (unpaired) electrons. The lowest BCUT2D eigenvalue weighted by Gasteiger charge is -2.03. The molecule has 0 aliphatic carbocycles. The first-order chi connectivity index (χ1) is 15.5. The van der Waals surface area contributed by atoms with E-state index in [1.807, 2.05) is 61.5 Å². The van der Waals surface area contributed by atoms with Gasteiger partial charge >= 0.3 is 0 Å². The van der Waals surface area contributed by atoms with Gasteiger partial charge in [0.05, 0.1) is 10.6 Å². The number of rotatable bonds is 7. The third-order valence-corrected chi connectivity index (χ3v) is 6.00. The summed E-state index contributed by atoms with van der Waals surface area (Å²) in [5, 5.41) is 3.31. The van der Waals surface area contributed by atoms with Gasteiger partial charge in [-0.1, -0.05) is 71.5 Å². The van der Waals surface area contributed by atoms with Gasteiger partial charge < -0.3 is 5.32 Å². The number of anilines is 1. The van der Waals surface area contributed by atoms with Crippen LogP contribution < -0.4 is 5.32 Å². The van der Waals surface area contributed by atoms with E-state index in [4.69, 9.17) is 0 Å². The van der Waals surface area contributed by atoms with Gasteiger partial charge in [-0.15, -0.1) is 0 Å². The molecule has 4 aromatic rings. The molecule has 1 aromatic heterocycles. The molecule has 1 heterocycles. The van der Waals surface area contributed by atoms with Gasteiger partial charge in [-0.05, 0) is 36.8 Å². The van der Waals surface area contributed by atoms with Crippen molar-refractivity contribution < 1.29 is 14.0 Å². The number of amides is 1. The summed E-state index contributed by atoms with van der Waals surface area (Å²) in [4.78, 5) is 30.4. The number of nitrogens with zero attached hydrogens (tertiary/aromatic N) is 1. The van der Waals surface area contributed by atoms with Crippen LogP contribution in [-0.4, -0.2) is 16.7 Å². The van der Waals surface area contributed by atoms with E-state index in [1.165, 1.54) is 41.2 Å². The summed E-state index contributed by atoms with van der Waals surface area (Å²) in [5.41, 5.74) is 4.35. The van der Waals surface area contributed by atoms with Crippen molar-refractivity contribution in [1.82, 2.24) is 4.98 Å². The number of aryl methyl sites for hydroxylation is 1. The Hall–Kier alpha value is -3.64. The Labute approximate surface area is 189 Å². The maximum absolute atomic E-state index is 13.0. The van der Waals surface area contributed by atoms with E-state index in [-0.39, 0.29) is 24.5 Å². The molecule has 0 saturated carbocycles. The van der Waals surface area contributed by atoms with Gasteiger partial charge in [-0.3, -0.25) is 9.59 Å². The Bertz CT molecular complexity index is 1230. The third kappa shape index (κ3) is 5.15. The number of nitrogens with one attached hydrogen (secondary N) is 1. The largest absolute Gasteiger partial charge is 0.302 e. The SMILES string of the molecule is Cc1ccc(-c2sc(NC(=O)CCC(=O)c3ccc(F)cc3)nc2-c2ccccc2)cc1. The highest BCUT2D eigenvalue weighted by Crippen LogP contribution is 2.39. The first-order valence-electron chi connectivity index (χ1n) is 10.2. The molecule has 4 rings (SSSR count). The fraction of sp³-hybridized carbons (Fsp3) is 0.115. The first kappa shape index (κ1) is 21.6. The Morgan fingerprint density at radius 3 is 2.25 bits per heavy atom. The van der Waals surface area contributed by atoms with Gasteiger partial charge in [-0.2, -0.15) is 0 Å². The van der Waals surface area contributed by atoms with Crippen LogP contribution >= 0.6 is 11.3 Å². The number of hydrogen-bond acceptors (Lipinski definition) is 4. The summed E-state index contributed by atoms with van der Waals surface area (Å²) in [6.07, 6.45) is 0.0650. The molecule has 1 amide bonds. The van der Waals surface area contributed by atoms with Crippen LogP contribution in [0.15, 0.2) is 78.9 Å². The highest BCUT2D eigenvalue weighted by Gasteiger charge is 2.17. The lowest BCUT2D eigenvalue weighted by molar-refractivity contribution is -0.116. The monoisotopic (exact) mass is 444 g/mol. The van der Waals surface area contributed by atoms with Gasteiger partial charge in [-0.25, -0.2) is 9.37 Å². The van der Waals surface area contributed by atoms with Crippen LogP contribution in [0.1, 0.15) is 28.8 Å². The molecular weight excluding hydrogens is 423 g/mol. The van der Waals surface area contributed by atoms with Gasteiger partial charge in [0, 0.05) is 24.0 Å². The van der Waals surface area contributed by atoms with Crippen LogP contribution in [0.3, 0.4) is 0 Å². The van der Waals surface area contributed by atoms with Crippen molar-refractivity contribution in [3.05, 3.63) is 95.8 Å². The molecule has 0 bridgehead atoms. The molecule has 3 aromatic carbocycles. The molecule has 0 fully saturated rings. The van der Waals surface area contributed by atoms with Crippen LogP contribution in [0.5, 0.6) is 0 Å². The number of Topliss-reactive ketones (excluding diaryl/α,β-unsaturated/α-hetero) is 1. The second-order valence-electron chi connectivity index (χ2n) is 7.41. The molecule has 1 N–H and O–H groups in total. The minimum atomic E-state index is -0.401. The molecule has 32 heavy (non-hydrogen) atoms. The zero-order valence-corrected chi connectivity index (χ0v) is 18.3. The van der Waals surface area contributed by atoms with Gasteiger partial charge in [0.2, 0.25) is 5.91 Å². The summed E-state index contributed by atoms with van der Waals surface area (Å²) in [6, 6.07) is 23.3. The molecule has 160 valence electrons. The molecule has 0 unspecified atom stereocenters. The number of benzene rings is 3. The Kier molecular flexibility index (Phi) is 6.52. The quantitative estimate of drug-likeness (QED) is 0.330.